The molecule has 2 aromatic rings. The summed E-state index contributed by atoms with van der Waals surface area (Å²) in [5, 5.41) is 0. The van der Waals surface area contributed by atoms with Gasteiger partial charge in [0.1, 0.15) is 5.75 Å². The standard InChI is InChI=1S/C21H24N2O/c1-4-7-15(2)23-20-13-19(14-22-16(20)3)17-9-10-21-18(12-17)8-5-6-11-24-21/h4,9-10,12-14H,1,5-8,11H2,2-3H3. The lowest BCUT2D eigenvalue weighted by Crippen LogP contribution is -1.95. The highest BCUT2D eigenvalue weighted by Crippen LogP contribution is 2.31. The Morgan fingerprint density at radius 3 is 3.00 bits per heavy atom. The molecule has 0 amide bonds. The first-order valence-corrected chi connectivity index (χ1v) is 8.55. The highest BCUT2D eigenvalue weighted by Gasteiger charge is 2.11. The zero-order valence-corrected chi connectivity index (χ0v) is 14.5. The van der Waals surface area contributed by atoms with Gasteiger partial charge >= 0.3 is 0 Å². The Balaban J connectivity index is 1.96. The molecule has 0 spiro atoms. The molecule has 2 heterocycles. The van der Waals surface area contributed by atoms with E-state index >= 15 is 0 Å². The number of aliphatic imine (C=N–C) groups is 1. The van der Waals surface area contributed by atoms with Gasteiger partial charge in [-0.25, -0.2) is 0 Å². The number of fused-ring (bicyclic) bond motifs is 1. The van der Waals surface area contributed by atoms with E-state index in [1.807, 2.05) is 26.1 Å². The predicted octanol–water partition coefficient (Wildman–Crippen LogP) is 5.44. The second-order valence-electron chi connectivity index (χ2n) is 6.30. The molecule has 24 heavy (non-hydrogen) atoms. The van der Waals surface area contributed by atoms with E-state index in [1.54, 1.807) is 0 Å². The Bertz CT molecular complexity index is 777. The Morgan fingerprint density at radius 2 is 2.17 bits per heavy atom. The fraction of sp³-hybridized carbons (Fsp3) is 0.333. The molecule has 1 aromatic carbocycles. The van der Waals surface area contributed by atoms with Gasteiger partial charge in [-0.2, -0.15) is 0 Å². The highest BCUT2D eigenvalue weighted by atomic mass is 16.5. The van der Waals surface area contributed by atoms with Crippen molar-refractivity contribution in [2.45, 2.75) is 39.5 Å². The number of hydrogen-bond acceptors (Lipinski definition) is 3. The third kappa shape index (κ3) is 3.73. The summed E-state index contributed by atoms with van der Waals surface area (Å²) in [6.45, 7) is 8.61. The summed E-state index contributed by atoms with van der Waals surface area (Å²) in [5.41, 5.74) is 6.47. The monoisotopic (exact) mass is 320 g/mol. The van der Waals surface area contributed by atoms with E-state index in [4.69, 9.17) is 9.73 Å². The molecule has 0 saturated carbocycles. The van der Waals surface area contributed by atoms with E-state index in [1.165, 1.54) is 17.5 Å². The number of nitrogens with zero attached hydrogens (tertiary/aromatic N) is 2. The van der Waals surface area contributed by atoms with Crippen molar-refractivity contribution in [1.82, 2.24) is 4.98 Å². The van der Waals surface area contributed by atoms with E-state index < -0.39 is 0 Å². The number of hydrogen-bond donors (Lipinski definition) is 0. The minimum Gasteiger partial charge on any atom is -0.493 e. The summed E-state index contributed by atoms with van der Waals surface area (Å²) < 4.78 is 5.81. The number of pyridine rings is 1. The molecule has 0 radical (unpaired) electrons. The third-order valence-electron chi connectivity index (χ3n) is 4.30. The molecule has 0 bridgehead atoms. The summed E-state index contributed by atoms with van der Waals surface area (Å²) in [6.07, 6.45) is 7.97. The summed E-state index contributed by atoms with van der Waals surface area (Å²) >= 11 is 0. The van der Waals surface area contributed by atoms with Gasteiger partial charge in [0.2, 0.25) is 0 Å². The van der Waals surface area contributed by atoms with Crippen LogP contribution in [0.1, 0.15) is 37.4 Å². The van der Waals surface area contributed by atoms with Crippen molar-refractivity contribution in [3.05, 3.63) is 54.4 Å². The summed E-state index contributed by atoms with van der Waals surface area (Å²) in [7, 11) is 0. The second kappa shape index (κ2) is 7.43. The molecular formula is C21H24N2O. The average Bonchev–Trinajstić information content (AvgIpc) is 2.81. The highest BCUT2D eigenvalue weighted by molar-refractivity contribution is 5.86. The van der Waals surface area contributed by atoms with Crippen molar-refractivity contribution >= 4 is 11.4 Å². The molecule has 3 heteroatoms. The van der Waals surface area contributed by atoms with Crippen LogP contribution in [-0.2, 0) is 6.42 Å². The van der Waals surface area contributed by atoms with Gasteiger partial charge in [-0.3, -0.25) is 9.98 Å². The van der Waals surface area contributed by atoms with E-state index in [-0.39, 0.29) is 0 Å². The number of aromatic nitrogens is 1. The number of benzene rings is 1. The molecule has 1 aliphatic heterocycles. The van der Waals surface area contributed by atoms with E-state index in [0.717, 1.165) is 54.3 Å². The van der Waals surface area contributed by atoms with Crippen LogP contribution >= 0.6 is 0 Å². The average molecular weight is 320 g/mol. The molecule has 0 aliphatic carbocycles. The van der Waals surface area contributed by atoms with Gasteiger partial charge in [0.15, 0.2) is 0 Å². The maximum Gasteiger partial charge on any atom is 0.122 e. The fourth-order valence-corrected chi connectivity index (χ4v) is 2.95. The van der Waals surface area contributed by atoms with Gasteiger partial charge in [0, 0.05) is 23.9 Å². The van der Waals surface area contributed by atoms with Crippen LogP contribution in [0.3, 0.4) is 0 Å². The fourth-order valence-electron chi connectivity index (χ4n) is 2.95. The first-order chi connectivity index (χ1) is 11.7. The second-order valence-corrected chi connectivity index (χ2v) is 6.30. The largest absolute Gasteiger partial charge is 0.493 e. The van der Waals surface area contributed by atoms with E-state index in [0.29, 0.717) is 0 Å². The molecule has 0 fully saturated rings. The van der Waals surface area contributed by atoms with Crippen LogP contribution in [0.15, 0.2) is 48.1 Å². The SMILES string of the molecule is C=CCC(C)=Nc1cc(-c2ccc3c(c2)CCCCO3)cnc1C. The number of ether oxygens (including phenoxy) is 1. The van der Waals surface area contributed by atoms with Crippen molar-refractivity contribution in [3.63, 3.8) is 0 Å². The molecule has 0 atom stereocenters. The molecule has 1 aliphatic rings. The van der Waals surface area contributed by atoms with Gasteiger partial charge in [-0.15, -0.1) is 6.58 Å². The van der Waals surface area contributed by atoms with Crippen molar-refractivity contribution < 1.29 is 4.74 Å². The normalized spacial score (nSPS) is 14.5. The Labute approximate surface area is 144 Å². The van der Waals surface area contributed by atoms with Gasteiger partial charge in [0.05, 0.1) is 18.0 Å². The van der Waals surface area contributed by atoms with Crippen molar-refractivity contribution in [1.29, 1.82) is 0 Å². The maximum atomic E-state index is 5.81. The molecule has 0 saturated heterocycles. The lowest BCUT2D eigenvalue weighted by molar-refractivity contribution is 0.317. The lowest BCUT2D eigenvalue weighted by Gasteiger charge is -2.10. The summed E-state index contributed by atoms with van der Waals surface area (Å²) in [5.74, 6) is 1.02. The Hall–Kier alpha value is -2.42. The predicted molar refractivity (Wildman–Crippen MR) is 100 cm³/mol. The Kier molecular flexibility index (Phi) is 5.09. The summed E-state index contributed by atoms with van der Waals surface area (Å²) in [6, 6.07) is 8.55. The zero-order chi connectivity index (χ0) is 16.9. The van der Waals surface area contributed by atoms with Crippen LogP contribution in [0.5, 0.6) is 5.75 Å². The molecule has 3 nitrogen and oxygen atoms in total. The molecular weight excluding hydrogens is 296 g/mol. The zero-order valence-electron chi connectivity index (χ0n) is 14.5. The number of rotatable bonds is 4. The van der Waals surface area contributed by atoms with Crippen molar-refractivity contribution in [2.24, 2.45) is 4.99 Å². The number of aryl methyl sites for hydroxylation is 2. The van der Waals surface area contributed by atoms with Crippen LogP contribution in [0.4, 0.5) is 5.69 Å². The van der Waals surface area contributed by atoms with E-state index in [9.17, 15) is 0 Å². The van der Waals surface area contributed by atoms with Crippen LogP contribution in [0.25, 0.3) is 11.1 Å². The van der Waals surface area contributed by atoms with Crippen molar-refractivity contribution in [2.75, 3.05) is 6.61 Å². The molecule has 0 N–H and O–H groups in total. The van der Waals surface area contributed by atoms with Gasteiger partial charge < -0.3 is 4.74 Å². The minimum absolute atomic E-state index is 0.792. The van der Waals surface area contributed by atoms with Crippen LogP contribution < -0.4 is 4.74 Å². The quantitative estimate of drug-likeness (QED) is 0.555. The third-order valence-corrected chi connectivity index (χ3v) is 4.30. The maximum absolute atomic E-state index is 5.81. The first-order valence-electron chi connectivity index (χ1n) is 8.55. The van der Waals surface area contributed by atoms with Crippen LogP contribution in [0.2, 0.25) is 0 Å². The van der Waals surface area contributed by atoms with E-state index in [2.05, 4.69) is 35.8 Å². The smallest absolute Gasteiger partial charge is 0.122 e. The topological polar surface area (TPSA) is 34.5 Å². The van der Waals surface area contributed by atoms with Crippen LogP contribution in [0, 0.1) is 6.92 Å². The van der Waals surface area contributed by atoms with Crippen molar-refractivity contribution in [3.8, 4) is 16.9 Å². The van der Waals surface area contributed by atoms with Gasteiger partial charge in [-0.05, 0) is 62.4 Å². The first kappa shape index (κ1) is 16.4. The lowest BCUT2D eigenvalue weighted by atomic mass is 10.0. The molecule has 124 valence electrons. The van der Waals surface area contributed by atoms with Crippen LogP contribution in [-0.4, -0.2) is 17.3 Å². The summed E-state index contributed by atoms with van der Waals surface area (Å²) in [4.78, 5) is 9.23. The van der Waals surface area contributed by atoms with Gasteiger partial charge in [0.25, 0.3) is 0 Å². The minimum atomic E-state index is 0.792. The molecule has 0 unspecified atom stereocenters. The Morgan fingerprint density at radius 1 is 1.29 bits per heavy atom. The number of allylic oxidation sites excluding steroid dienone is 1. The van der Waals surface area contributed by atoms with Gasteiger partial charge in [-0.1, -0.05) is 12.1 Å². The molecule has 3 rings (SSSR count). The molecule has 1 aromatic heterocycles.